The molecule has 0 bridgehead atoms. The van der Waals surface area contributed by atoms with Crippen molar-refractivity contribution in [3.05, 3.63) is 57.9 Å². The number of nitrogens with zero attached hydrogens (tertiary/aromatic N) is 3. The zero-order valence-electron chi connectivity index (χ0n) is 15.0. The summed E-state index contributed by atoms with van der Waals surface area (Å²) in [5.41, 5.74) is 0.249. The van der Waals surface area contributed by atoms with E-state index in [1.165, 1.54) is 27.7 Å². The van der Waals surface area contributed by atoms with Gasteiger partial charge in [-0.25, -0.2) is 4.79 Å². The SMILES string of the molecule is CN(C)c1ccc(C(=O)OCC(=O)NC(=O)c2cccn2C)cc1[N+](=O)[O-]. The zero-order chi connectivity index (χ0) is 20.1. The number of amides is 2. The number of anilines is 1. The molecule has 0 unspecified atom stereocenters. The van der Waals surface area contributed by atoms with E-state index < -0.39 is 29.3 Å². The van der Waals surface area contributed by atoms with Crippen molar-refractivity contribution in [2.75, 3.05) is 25.6 Å². The van der Waals surface area contributed by atoms with E-state index in [2.05, 4.69) is 5.32 Å². The van der Waals surface area contributed by atoms with E-state index in [-0.39, 0.29) is 16.9 Å². The van der Waals surface area contributed by atoms with Crippen LogP contribution < -0.4 is 10.2 Å². The lowest BCUT2D eigenvalue weighted by atomic mass is 10.1. The first-order valence-corrected chi connectivity index (χ1v) is 7.79. The lowest BCUT2D eigenvalue weighted by Crippen LogP contribution is -2.35. The molecule has 10 nitrogen and oxygen atoms in total. The number of benzene rings is 1. The molecule has 142 valence electrons. The summed E-state index contributed by atoms with van der Waals surface area (Å²) in [6.07, 6.45) is 1.64. The van der Waals surface area contributed by atoms with Gasteiger partial charge < -0.3 is 14.2 Å². The van der Waals surface area contributed by atoms with Crippen molar-refractivity contribution in [3.63, 3.8) is 0 Å². The maximum atomic E-state index is 12.0. The molecule has 0 aliphatic rings. The second-order valence-electron chi connectivity index (χ2n) is 5.81. The van der Waals surface area contributed by atoms with E-state index >= 15 is 0 Å². The Labute approximate surface area is 154 Å². The van der Waals surface area contributed by atoms with Gasteiger partial charge in [0.05, 0.1) is 10.5 Å². The fourth-order valence-corrected chi connectivity index (χ4v) is 2.31. The number of ether oxygens (including phenoxy) is 1. The van der Waals surface area contributed by atoms with Gasteiger partial charge in [-0.05, 0) is 24.3 Å². The highest BCUT2D eigenvalue weighted by Gasteiger charge is 2.20. The first-order chi connectivity index (χ1) is 12.7. The number of imide groups is 1. The van der Waals surface area contributed by atoms with Crippen LogP contribution in [0.5, 0.6) is 0 Å². The molecule has 10 heteroatoms. The largest absolute Gasteiger partial charge is 0.452 e. The maximum absolute atomic E-state index is 12.0. The molecule has 0 atom stereocenters. The van der Waals surface area contributed by atoms with Crippen molar-refractivity contribution in [1.29, 1.82) is 0 Å². The summed E-state index contributed by atoms with van der Waals surface area (Å²) in [6.45, 7) is -0.696. The summed E-state index contributed by atoms with van der Waals surface area (Å²) >= 11 is 0. The Morgan fingerprint density at radius 3 is 2.52 bits per heavy atom. The van der Waals surface area contributed by atoms with Crippen molar-refractivity contribution in [3.8, 4) is 0 Å². The van der Waals surface area contributed by atoms with Gasteiger partial charge in [0.2, 0.25) is 0 Å². The topological polar surface area (TPSA) is 124 Å². The average molecular weight is 374 g/mol. The van der Waals surface area contributed by atoms with Crippen molar-refractivity contribution >= 4 is 29.2 Å². The van der Waals surface area contributed by atoms with Crippen molar-refractivity contribution in [2.24, 2.45) is 7.05 Å². The molecular formula is C17H18N4O6. The Kier molecular flexibility index (Phi) is 5.91. The predicted octanol–water partition coefficient (Wildman–Crippen LogP) is 1.11. The Balaban J connectivity index is 2.00. The number of nitro groups is 1. The van der Waals surface area contributed by atoms with Crippen LogP contribution in [0.1, 0.15) is 20.8 Å². The number of hydrogen-bond donors (Lipinski definition) is 1. The second kappa shape index (κ2) is 8.13. The molecule has 0 radical (unpaired) electrons. The van der Waals surface area contributed by atoms with Gasteiger partial charge in [0.1, 0.15) is 11.4 Å². The van der Waals surface area contributed by atoms with Crippen LogP contribution in [0, 0.1) is 10.1 Å². The second-order valence-corrected chi connectivity index (χ2v) is 5.81. The minimum Gasteiger partial charge on any atom is -0.452 e. The van der Waals surface area contributed by atoms with Crippen LogP contribution in [0.2, 0.25) is 0 Å². The van der Waals surface area contributed by atoms with E-state index in [1.807, 2.05) is 0 Å². The van der Waals surface area contributed by atoms with Gasteiger partial charge in [-0.2, -0.15) is 0 Å². The summed E-state index contributed by atoms with van der Waals surface area (Å²) < 4.78 is 6.36. The Morgan fingerprint density at radius 1 is 1.26 bits per heavy atom. The van der Waals surface area contributed by atoms with Crippen LogP contribution in [-0.4, -0.2) is 48.0 Å². The Morgan fingerprint density at radius 2 is 1.96 bits per heavy atom. The molecule has 0 aliphatic carbocycles. The lowest BCUT2D eigenvalue weighted by molar-refractivity contribution is -0.384. The Bertz CT molecular complexity index is 903. The minimum atomic E-state index is -0.912. The molecule has 0 saturated heterocycles. The summed E-state index contributed by atoms with van der Waals surface area (Å²) in [4.78, 5) is 47.8. The van der Waals surface area contributed by atoms with Crippen LogP contribution in [0.15, 0.2) is 36.5 Å². The van der Waals surface area contributed by atoms with Crippen molar-refractivity contribution in [2.45, 2.75) is 0 Å². The number of hydrogen-bond acceptors (Lipinski definition) is 7. The first kappa shape index (κ1) is 19.6. The van der Waals surface area contributed by atoms with Crippen molar-refractivity contribution < 1.29 is 24.0 Å². The molecule has 0 saturated carbocycles. The van der Waals surface area contributed by atoms with E-state index in [9.17, 15) is 24.5 Å². The molecule has 1 aromatic heterocycles. The highest BCUT2D eigenvalue weighted by atomic mass is 16.6. The van der Waals surface area contributed by atoms with Gasteiger partial charge in [0.15, 0.2) is 6.61 Å². The number of esters is 1. The quantitative estimate of drug-likeness (QED) is 0.456. The highest BCUT2D eigenvalue weighted by molar-refractivity contribution is 6.04. The fourth-order valence-electron chi connectivity index (χ4n) is 2.31. The molecule has 1 aromatic carbocycles. The normalized spacial score (nSPS) is 10.2. The number of aryl methyl sites for hydroxylation is 1. The lowest BCUT2D eigenvalue weighted by Gasteiger charge is -2.13. The van der Waals surface area contributed by atoms with E-state index in [0.717, 1.165) is 6.07 Å². The minimum absolute atomic E-state index is 0.0751. The third-order valence-electron chi connectivity index (χ3n) is 3.65. The summed E-state index contributed by atoms with van der Waals surface area (Å²) in [5.74, 6) is -2.35. The maximum Gasteiger partial charge on any atom is 0.338 e. The summed E-state index contributed by atoms with van der Waals surface area (Å²) in [5, 5.41) is 13.2. The number of carbonyl (C=O) groups is 3. The molecule has 1 heterocycles. The smallest absolute Gasteiger partial charge is 0.338 e. The van der Waals surface area contributed by atoms with Gasteiger partial charge in [-0.15, -0.1) is 0 Å². The number of carbonyl (C=O) groups excluding carboxylic acids is 3. The molecule has 0 fully saturated rings. The van der Waals surface area contributed by atoms with Gasteiger partial charge >= 0.3 is 5.97 Å². The molecule has 1 N–H and O–H groups in total. The van der Waals surface area contributed by atoms with Gasteiger partial charge in [0, 0.05) is 33.4 Å². The van der Waals surface area contributed by atoms with Crippen LogP contribution in [0.25, 0.3) is 0 Å². The number of nitro benzene ring substituents is 1. The van der Waals surface area contributed by atoms with Gasteiger partial charge in [0.25, 0.3) is 17.5 Å². The molecule has 2 amide bonds. The fraction of sp³-hybridized carbons (Fsp3) is 0.235. The van der Waals surface area contributed by atoms with Crippen LogP contribution in [-0.2, 0) is 16.6 Å². The molecule has 2 aromatic rings. The van der Waals surface area contributed by atoms with Crippen LogP contribution in [0.4, 0.5) is 11.4 Å². The summed E-state index contributed by atoms with van der Waals surface area (Å²) in [6, 6.07) is 7.01. The monoisotopic (exact) mass is 374 g/mol. The number of aromatic nitrogens is 1. The Hall–Kier alpha value is -3.69. The van der Waals surface area contributed by atoms with Crippen LogP contribution >= 0.6 is 0 Å². The predicted molar refractivity (Wildman–Crippen MR) is 95.6 cm³/mol. The number of nitrogens with one attached hydrogen (secondary N) is 1. The van der Waals surface area contributed by atoms with Crippen molar-refractivity contribution in [1.82, 2.24) is 9.88 Å². The third-order valence-corrected chi connectivity index (χ3v) is 3.65. The highest BCUT2D eigenvalue weighted by Crippen LogP contribution is 2.27. The molecule has 27 heavy (non-hydrogen) atoms. The first-order valence-electron chi connectivity index (χ1n) is 7.79. The standard InChI is InChI=1S/C17H18N4O6/c1-19(2)12-7-6-11(9-14(12)21(25)26)17(24)27-10-15(22)18-16(23)13-5-4-8-20(13)3/h4-9H,10H2,1-3H3,(H,18,22,23). The van der Waals surface area contributed by atoms with E-state index in [1.54, 1.807) is 33.4 Å². The molecular weight excluding hydrogens is 356 g/mol. The third kappa shape index (κ3) is 4.69. The van der Waals surface area contributed by atoms with Crippen LogP contribution in [0.3, 0.4) is 0 Å². The summed E-state index contributed by atoms with van der Waals surface area (Å²) in [7, 11) is 4.91. The van der Waals surface area contributed by atoms with E-state index in [0.29, 0.717) is 5.69 Å². The average Bonchev–Trinajstić information content (AvgIpc) is 3.05. The molecule has 0 spiro atoms. The molecule has 0 aliphatic heterocycles. The van der Waals surface area contributed by atoms with E-state index in [4.69, 9.17) is 4.74 Å². The molecule has 2 rings (SSSR count). The number of rotatable bonds is 6. The van der Waals surface area contributed by atoms with Gasteiger partial charge in [-0.3, -0.25) is 25.0 Å². The van der Waals surface area contributed by atoms with Gasteiger partial charge in [-0.1, -0.05) is 0 Å². The zero-order valence-corrected chi connectivity index (χ0v) is 15.0.